The Bertz CT molecular complexity index is 1190. The average molecular weight is 485 g/mol. The molecule has 4 rings (SSSR count). The molecule has 8 nitrogen and oxygen atoms in total. The third-order valence-corrected chi connectivity index (χ3v) is 6.56. The fourth-order valence-corrected chi connectivity index (χ4v) is 4.82. The van der Waals surface area contributed by atoms with Crippen molar-refractivity contribution in [2.45, 2.75) is 71.4 Å². The highest BCUT2D eigenvalue weighted by Crippen LogP contribution is 2.24. The Hall–Kier alpha value is -3.23. The molecule has 2 amide bonds. The average Bonchev–Trinajstić information content (AvgIpc) is 2.80. The summed E-state index contributed by atoms with van der Waals surface area (Å²) in [5.41, 5.74) is 2.54. The molecule has 1 aliphatic heterocycles. The van der Waals surface area contributed by atoms with Crippen LogP contribution in [0.4, 0.5) is 9.18 Å². The van der Waals surface area contributed by atoms with Gasteiger partial charge in [-0.2, -0.15) is 5.10 Å². The Labute approximate surface area is 204 Å². The fraction of sp³-hybridized carbons (Fsp3) is 0.538. The molecule has 1 aliphatic carbocycles. The van der Waals surface area contributed by atoms with E-state index in [9.17, 15) is 18.8 Å². The van der Waals surface area contributed by atoms with Gasteiger partial charge in [0.1, 0.15) is 11.4 Å². The Morgan fingerprint density at radius 2 is 1.89 bits per heavy atom. The molecule has 1 aromatic heterocycles. The lowest BCUT2D eigenvalue weighted by molar-refractivity contribution is 0.00190. The zero-order chi connectivity index (χ0) is 25.3. The van der Waals surface area contributed by atoms with Crippen LogP contribution in [0.1, 0.15) is 73.3 Å². The summed E-state index contributed by atoms with van der Waals surface area (Å²) in [6.45, 7) is 8.17. The van der Waals surface area contributed by atoms with Crippen molar-refractivity contribution >= 4 is 12.0 Å². The molecule has 2 aromatic rings. The summed E-state index contributed by atoms with van der Waals surface area (Å²) in [6, 6.07) is 4.27. The van der Waals surface area contributed by atoms with E-state index >= 15 is 0 Å². The number of hydrogen-bond donors (Lipinski definition) is 1. The second kappa shape index (κ2) is 9.79. The Morgan fingerprint density at radius 3 is 2.57 bits per heavy atom. The van der Waals surface area contributed by atoms with Crippen LogP contribution in [0.15, 0.2) is 23.0 Å². The van der Waals surface area contributed by atoms with Crippen molar-refractivity contribution in [3.8, 4) is 0 Å². The van der Waals surface area contributed by atoms with E-state index < -0.39 is 23.4 Å². The van der Waals surface area contributed by atoms with E-state index in [-0.39, 0.29) is 23.7 Å². The van der Waals surface area contributed by atoms with Gasteiger partial charge in [0, 0.05) is 37.7 Å². The number of nitrogens with one attached hydrogen (secondary N) is 1. The molecule has 2 aliphatic rings. The van der Waals surface area contributed by atoms with Gasteiger partial charge in [-0.15, -0.1) is 0 Å². The van der Waals surface area contributed by atoms with Gasteiger partial charge in [0.25, 0.3) is 11.5 Å². The summed E-state index contributed by atoms with van der Waals surface area (Å²) in [7, 11) is 0. The molecule has 1 aromatic carbocycles. The minimum Gasteiger partial charge on any atom is -0.444 e. The standard InChI is InChI=1S/C26H33FN4O4/c1-16-15-30(11-12-31(16)25(34)35-26(2,3)4)24(33)20-13-17(9-10-21(20)27)14-22-18-7-5-6-8-19(18)23(32)29-28-22/h9-10,13,16H,5-8,11-12,14-15H2,1-4H3,(H,29,32)/t16-/m1/s1. The number of nitrogens with zero attached hydrogens (tertiary/aromatic N) is 3. The topological polar surface area (TPSA) is 95.6 Å². The van der Waals surface area contributed by atoms with Crippen molar-refractivity contribution in [3.63, 3.8) is 0 Å². The maximum atomic E-state index is 14.7. The number of aromatic amines is 1. The molecule has 0 unspecified atom stereocenters. The number of rotatable bonds is 3. The number of piperazine rings is 1. The molecular weight excluding hydrogens is 451 g/mol. The van der Waals surface area contributed by atoms with Crippen molar-refractivity contribution < 1.29 is 18.7 Å². The van der Waals surface area contributed by atoms with E-state index in [0.717, 1.165) is 48.1 Å². The first kappa shape index (κ1) is 24.9. The van der Waals surface area contributed by atoms with Crippen LogP contribution in [0.2, 0.25) is 0 Å². The second-order valence-electron chi connectivity index (χ2n) is 10.4. The number of aromatic nitrogens is 2. The number of amides is 2. The van der Waals surface area contributed by atoms with Crippen molar-refractivity contribution in [3.05, 3.63) is 62.3 Å². The number of hydrogen-bond acceptors (Lipinski definition) is 5. The molecule has 0 bridgehead atoms. The molecule has 1 fully saturated rings. The molecule has 9 heteroatoms. The Kier molecular flexibility index (Phi) is 6.96. The summed E-state index contributed by atoms with van der Waals surface area (Å²) >= 11 is 0. The predicted octanol–water partition coefficient (Wildman–Crippen LogP) is 3.46. The zero-order valence-corrected chi connectivity index (χ0v) is 20.8. The van der Waals surface area contributed by atoms with Gasteiger partial charge in [-0.3, -0.25) is 9.59 Å². The first-order valence-corrected chi connectivity index (χ1v) is 12.2. The van der Waals surface area contributed by atoms with Crippen LogP contribution in [0.5, 0.6) is 0 Å². The van der Waals surface area contributed by atoms with E-state index in [2.05, 4.69) is 10.2 Å². The van der Waals surface area contributed by atoms with Crippen LogP contribution in [0.25, 0.3) is 0 Å². The van der Waals surface area contributed by atoms with Crippen molar-refractivity contribution in [1.29, 1.82) is 0 Å². The van der Waals surface area contributed by atoms with Crippen LogP contribution in [0, 0.1) is 5.82 Å². The minimum atomic E-state index is -0.604. The SMILES string of the molecule is C[C@@H]1CN(C(=O)c2cc(Cc3n[nH]c(=O)c4c3CCCC4)ccc2F)CCN1C(=O)OC(C)(C)C. The molecule has 0 saturated carbocycles. The lowest BCUT2D eigenvalue weighted by Gasteiger charge is -2.40. The fourth-order valence-electron chi connectivity index (χ4n) is 4.82. The highest BCUT2D eigenvalue weighted by molar-refractivity contribution is 5.95. The van der Waals surface area contributed by atoms with Crippen LogP contribution < -0.4 is 5.56 Å². The third-order valence-electron chi connectivity index (χ3n) is 6.56. The number of benzene rings is 1. The van der Waals surface area contributed by atoms with Crippen LogP contribution >= 0.6 is 0 Å². The van der Waals surface area contributed by atoms with Crippen LogP contribution in [0.3, 0.4) is 0 Å². The van der Waals surface area contributed by atoms with Crippen LogP contribution in [-0.4, -0.2) is 63.3 Å². The van der Waals surface area contributed by atoms with E-state index in [1.165, 1.54) is 6.07 Å². The van der Waals surface area contributed by atoms with Crippen molar-refractivity contribution in [2.24, 2.45) is 0 Å². The van der Waals surface area contributed by atoms with Gasteiger partial charge in [0.05, 0.1) is 11.3 Å². The molecule has 188 valence electrons. The lowest BCUT2D eigenvalue weighted by atomic mass is 9.90. The summed E-state index contributed by atoms with van der Waals surface area (Å²) in [4.78, 5) is 41.0. The molecular formula is C26H33FN4O4. The number of halogens is 1. The number of ether oxygens (including phenoxy) is 1. The smallest absolute Gasteiger partial charge is 0.410 e. The predicted molar refractivity (Wildman–Crippen MR) is 129 cm³/mol. The zero-order valence-electron chi connectivity index (χ0n) is 20.8. The Morgan fingerprint density at radius 1 is 1.17 bits per heavy atom. The monoisotopic (exact) mass is 484 g/mol. The second-order valence-corrected chi connectivity index (χ2v) is 10.4. The first-order valence-electron chi connectivity index (χ1n) is 12.2. The minimum absolute atomic E-state index is 0.00119. The normalized spacial score (nSPS) is 18.3. The highest BCUT2D eigenvalue weighted by Gasteiger charge is 2.33. The van der Waals surface area contributed by atoms with Crippen molar-refractivity contribution in [1.82, 2.24) is 20.0 Å². The van der Waals surface area contributed by atoms with E-state index in [1.807, 2.05) is 27.7 Å². The highest BCUT2D eigenvalue weighted by atomic mass is 19.1. The molecule has 0 spiro atoms. The van der Waals surface area contributed by atoms with Gasteiger partial charge in [-0.05, 0) is 76.6 Å². The van der Waals surface area contributed by atoms with Crippen LogP contribution in [-0.2, 0) is 24.0 Å². The molecule has 35 heavy (non-hydrogen) atoms. The number of carbonyl (C=O) groups is 2. The van der Waals surface area contributed by atoms with Gasteiger partial charge in [-0.1, -0.05) is 6.07 Å². The first-order chi connectivity index (χ1) is 16.5. The molecule has 0 radical (unpaired) electrons. The maximum absolute atomic E-state index is 14.7. The van der Waals surface area contributed by atoms with E-state index in [1.54, 1.807) is 21.9 Å². The van der Waals surface area contributed by atoms with Gasteiger partial charge in [0.15, 0.2) is 0 Å². The van der Waals surface area contributed by atoms with E-state index in [4.69, 9.17) is 4.74 Å². The number of carbonyl (C=O) groups excluding carboxylic acids is 2. The summed E-state index contributed by atoms with van der Waals surface area (Å²) in [5.74, 6) is -0.992. The molecule has 1 saturated heterocycles. The largest absolute Gasteiger partial charge is 0.444 e. The van der Waals surface area contributed by atoms with Gasteiger partial charge in [-0.25, -0.2) is 14.3 Å². The summed E-state index contributed by atoms with van der Waals surface area (Å²) in [6.07, 6.45) is 3.51. The molecule has 1 atom stereocenters. The quantitative estimate of drug-likeness (QED) is 0.720. The van der Waals surface area contributed by atoms with Gasteiger partial charge >= 0.3 is 6.09 Å². The summed E-state index contributed by atoms with van der Waals surface area (Å²) in [5, 5.41) is 6.84. The van der Waals surface area contributed by atoms with Gasteiger partial charge in [0.2, 0.25) is 0 Å². The summed E-state index contributed by atoms with van der Waals surface area (Å²) < 4.78 is 20.2. The van der Waals surface area contributed by atoms with Gasteiger partial charge < -0.3 is 14.5 Å². The Balaban J connectivity index is 1.49. The van der Waals surface area contributed by atoms with Crippen molar-refractivity contribution in [2.75, 3.05) is 19.6 Å². The maximum Gasteiger partial charge on any atom is 0.410 e. The lowest BCUT2D eigenvalue weighted by Crippen LogP contribution is -2.56. The third kappa shape index (κ3) is 5.55. The molecule has 1 N–H and O–H groups in total. The van der Waals surface area contributed by atoms with E-state index in [0.29, 0.717) is 19.5 Å². The number of H-pyrrole nitrogens is 1. The number of fused-ring (bicyclic) bond motifs is 1. The molecule has 2 heterocycles.